The maximum atomic E-state index is 12.9. The van der Waals surface area contributed by atoms with E-state index in [9.17, 15) is 14.4 Å². The van der Waals surface area contributed by atoms with Crippen LogP contribution >= 0.6 is 0 Å². The van der Waals surface area contributed by atoms with Gasteiger partial charge in [0.1, 0.15) is 13.2 Å². The van der Waals surface area contributed by atoms with Crippen LogP contribution in [0.2, 0.25) is 0 Å². The van der Waals surface area contributed by atoms with E-state index in [4.69, 9.17) is 14.2 Å². The lowest BCUT2D eigenvalue weighted by atomic mass is 9.99. The van der Waals surface area contributed by atoms with Gasteiger partial charge in [0, 0.05) is 19.3 Å². The molecule has 6 heteroatoms. The molecule has 71 heavy (non-hydrogen) atoms. The quantitative estimate of drug-likeness (QED) is 0.0343. The van der Waals surface area contributed by atoms with E-state index in [1.165, 1.54) is 270 Å². The van der Waals surface area contributed by atoms with Gasteiger partial charge in [0.2, 0.25) is 0 Å². The first-order valence-electron chi connectivity index (χ1n) is 32.4. The van der Waals surface area contributed by atoms with Crippen LogP contribution in [0.25, 0.3) is 0 Å². The highest BCUT2D eigenvalue weighted by atomic mass is 16.6. The van der Waals surface area contributed by atoms with Crippen LogP contribution in [0.5, 0.6) is 0 Å². The SMILES string of the molecule is CCCCCCCCCCCCCCCCCCCCC(=O)OC[C@@H](COC(=O)CCCCCCCCCCCCCCCCC(C)CC)OC(=O)CCCCCCCCCCCCCCCCCCC. The standard InChI is InChI=1S/C65H126O6/c1-5-8-10-12-14-16-18-20-22-24-26-27-32-36-40-44-48-52-56-63(66)69-59-62(71-65(68)58-54-50-46-42-38-34-28-25-23-21-19-17-15-13-11-9-6-2)60-70-64(67)57-53-49-45-41-37-33-30-29-31-35-39-43-47-51-55-61(4)7-3/h61-62H,5-60H2,1-4H3/t61?,62-/m0/s1. The molecular formula is C65H126O6. The van der Waals surface area contributed by atoms with Gasteiger partial charge >= 0.3 is 17.9 Å². The summed E-state index contributed by atoms with van der Waals surface area (Å²) in [5.74, 6) is 0.0695. The van der Waals surface area contributed by atoms with Crippen LogP contribution in [0.1, 0.15) is 374 Å². The maximum Gasteiger partial charge on any atom is 0.306 e. The fraction of sp³-hybridized carbons (Fsp3) is 0.954. The molecule has 0 saturated carbocycles. The summed E-state index contributed by atoms with van der Waals surface area (Å²) in [6.07, 6.45) is 66.7. The number of ether oxygens (including phenoxy) is 3. The van der Waals surface area contributed by atoms with E-state index in [1.54, 1.807) is 0 Å². The molecule has 0 N–H and O–H groups in total. The zero-order chi connectivity index (χ0) is 51.6. The molecule has 0 aliphatic carbocycles. The van der Waals surface area contributed by atoms with Gasteiger partial charge < -0.3 is 14.2 Å². The predicted octanol–water partition coefficient (Wildman–Crippen LogP) is 21.7. The number of carbonyl (C=O) groups excluding carboxylic acids is 3. The molecule has 0 fully saturated rings. The van der Waals surface area contributed by atoms with Gasteiger partial charge in [0.25, 0.3) is 0 Å². The van der Waals surface area contributed by atoms with Crippen LogP contribution in [0, 0.1) is 5.92 Å². The van der Waals surface area contributed by atoms with Crippen LogP contribution in [0.3, 0.4) is 0 Å². The van der Waals surface area contributed by atoms with Crippen molar-refractivity contribution in [1.29, 1.82) is 0 Å². The van der Waals surface area contributed by atoms with Crippen LogP contribution in [-0.2, 0) is 28.6 Å². The number of carbonyl (C=O) groups is 3. The first kappa shape index (κ1) is 69.4. The summed E-state index contributed by atoms with van der Waals surface area (Å²) < 4.78 is 17.0. The smallest absolute Gasteiger partial charge is 0.306 e. The Hall–Kier alpha value is -1.59. The third-order valence-corrected chi connectivity index (χ3v) is 15.4. The second kappa shape index (κ2) is 59.3. The van der Waals surface area contributed by atoms with Crippen molar-refractivity contribution in [2.45, 2.75) is 381 Å². The second-order valence-electron chi connectivity index (χ2n) is 22.6. The average molecular weight is 1000 g/mol. The summed E-state index contributed by atoms with van der Waals surface area (Å²) in [5.41, 5.74) is 0. The monoisotopic (exact) mass is 1000 g/mol. The van der Waals surface area contributed by atoms with Crippen molar-refractivity contribution in [3.8, 4) is 0 Å². The molecule has 6 nitrogen and oxygen atoms in total. The zero-order valence-corrected chi connectivity index (χ0v) is 48.7. The average Bonchev–Trinajstić information content (AvgIpc) is 3.37. The molecule has 1 unspecified atom stereocenters. The molecule has 0 amide bonds. The largest absolute Gasteiger partial charge is 0.462 e. The Kier molecular flexibility index (Phi) is 58.0. The molecule has 0 aromatic rings. The molecule has 0 aliphatic rings. The van der Waals surface area contributed by atoms with E-state index in [1.807, 2.05) is 0 Å². The highest BCUT2D eigenvalue weighted by molar-refractivity contribution is 5.71. The lowest BCUT2D eigenvalue weighted by molar-refractivity contribution is -0.167. The first-order valence-corrected chi connectivity index (χ1v) is 32.4. The van der Waals surface area contributed by atoms with E-state index in [0.717, 1.165) is 63.7 Å². The van der Waals surface area contributed by atoms with Crippen LogP contribution < -0.4 is 0 Å². The van der Waals surface area contributed by atoms with Crippen molar-refractivity contribution >= 4 is 17.9 Å². The van der Waals surface area contributed by atoms with E-state index >= 15 is 0 Å². The summed E-state index contributed by atoms with van der Waals surface area (Å²) in [6.45, 7) is 9.13. The van der Waals surface area contributed by atoms with Gasteiger partial charge in [-0.1, -0.05) is 336 Å². The molecule has 0 spiro atoms. The summed E-state index contributed by atoms with van der Waals surface area (Å²) in [5, 5.41) is 0. The lowest BCUT2D eigenvalue weighted by Gasteiger charge is -2.18. The Balaban J connectivity index is 4.29. The van der Waals surface area contributed by atoms with Crippen molar-refractivity contribution in [3.63, 3.8) is 0 Å². The lowest BCUT2D eigenvalue weighted by Crippen LogP contribution is -2.30. The molecule has 0 aromatic carbocycles. The topological polar surface area (TPSA) is 78.9 Å². The maximum absolute atomic E-state index is 12.9. The minimum Gasteiger partial charge on any atom is -0.462 e. The van der Waals surface area contributed by atoms with Crippen molar-refractivity contribution in [3.05, 3.63) is 0 Å². The molecule has 0 saturated heterocycles. The first-order chi connectivity index (χ1) is 34.9. The van der Waals surface area contributed by atoms with E-state index in [2.05, 4.69) is 27.7 Å². The van der Waals surface area contributed by atoms with Crippen molar-refractivity contribution < 1.29 is 28.6 Å². The van der Waals surface area contributed by atoms with Gasteiger partial charge in [0.15, 0.2) is 6.10 Å². The highest BCUT2D eigenvalue weighted by Crippen LogP contribution is 2.19. The van der Waals surface area contributed by atoms with Gasteiger partial charge in [-0.05, 0) is 25.2 Å². The number of hydrogen-bond donors (Lipinski definition) is 0. The second-order valence-corrected chi connectivity index (χ2v) is 22.6. The Labute approximate surface area is 444 Å². The molecule has 0 heterocycles. The van der Waals surface area contributed by atoms with Crippen LogP contribution in [-0.4, -0.2) is 37.2 Å². The van der Waals surface area contributed by atoms with E-state index in [-0.39, 0.29) is 31.1 Å². The molecule has 0 radical (unpaired) electrons. The minimum absolute atomic E-state index is 0.0610. The highest BCUT2D eigenvalue weighted by Gasteiger charge is 2.19. The Bertz CT molecular complexity index is 1080. The molecule has 0 rings (SSSR count). The van der Waals surface area contributed by atoms with Gasteiger partial charge in [-0.2, -0.15) is 0 Å². The number of rotatable bonds is 60. The molecule has 0 bridgehead atoms. The molecule has 422 valence electrons. The molecule has 0 aliphatic heterocycles. The fourth-order valence-corrected chi connectivity index (χ4v) is 10.1. The minimum atomic E-state index is -0.763. The Morgan fingerprint density at radius 2 is 0.493 bits per heavy atom. The zero-order valence-electron chi connectivity index (χ0n) is 48.7. The molecule has 2 atom stereocenters. The van der Waals surface area contributed by atoms with Crippen molar-refractivity contribution in [2.24, 2.45) is 5.92 Å². The normalized spacial score (nSPS) is 12.3. The third kappa shape index (κ3) is 57.5. The van der Waals surface area contributed by atoms with Crippen molar-refractivity contribution in [1.82, 2.24) is 0 Å². The summed E-state index contributed by atoms with van der Waals surface area (Å²) in [6, 6.07) is 0. The predicted molar refractivity (Wildman–Crippen MR) is 307 cm³/mol. The summed E-state index contributed by atoms with van der Waals surface area (Å²) >= 11 is 0. The van der Waals surface area contributed by atoms with Crippen molar-refractivity contribution in [2.75, 3.05) is 13.2 Å². The number of unbranched alkanes of at least 4 members (excludes halogenated alkanes) is 46. The van der Waals surface area contributed by atoms with E-state index < -0.39 is 6.10 Å². The molecular weight excluding hydrogens is 877 g/mol. The molecule has 0 aromatic heterocycles. The Morgan fingerprint density at radius 3 is 0.732 bits per heavy atom. The van der Waals surface area contributed by atoms with Crippen LogP contribution in [0.15, 0.2) is 0 Å². The van der Waals surface area contributed by atoms with Gasteiger partial charge in [0.05, 0.1) is 0 Å². The summed E-state index contributed by atoms with van der Waals surface area (Å²) in [7, 11) is 0. The Morgan fingerprint density at radius 1 is 0.282 bits per heavy atom. The number of hydrogen-bond acceptors (Lipinski definition) is 6. The van der Waals surface area contributed by atoms with Gasteiger partial charge in [-0.15, -0.1) is 0 Å². The van der Waals surface area contributed by atoms with Crippen LogP contribution in [0.4, 0.5) is 0 Å². The van der Waals surface area contributed by atoms with E-state index in [0.29, 0.717) is 19.3 Å². The van der Waals surface area contributed by atoms with Gasteiger partial charge in [-0.25, -0.2) is 0 Å². The third-order valence-electron chi connectivity index (χ3n) is 15.4. The van der Waals surface area contributed by atoms with Gasteiger partial charge in [-0.3, -0.25) is 14.4 Å². The number of esters is 3. The fourth-order valence-electron chi connectivity index (χ4n) is 10.1. The summed E-state index contributed by atoms with van der Waals surface area (Å²) in [4.78, 5) is 38.3.